The van der Waals surface area contributed by atoms with E-state index >= 15 is 0 Å². The number of hydrogen-bond acceptors (Lipinski definition) is 2. The minimum Gasteiger partial charge on any atom is -0.323 e. The normalized spacial score (nSPS) is 24.4. The minimum atomic E-state index is 0.117. The molecule has 0 aromatic heterocycles. The quantitative estimate of drug-likeness (QED) is 0.904. The summed E-state index contributed by atoms with van der Waals surface area (Å²) in [6.07, 6.45) is 4.01. The first-order valence-electron chi connectivity index (χ1n) is 8.14. The predicted molar refractivity (Wildman–Crippen MR) is 86.6 cm³/mol. The van der Waals surface area contributed by atoms with Gasteiger partial charge in [-0.1, -0.05) is 44.2 Å². The molecule has 1 aliphatic heterocycles. The molecule has 1 heterocycles. The highest BCUT2D eigenvalue weighted by Gasteiger charge is 2.25. The van der Waals surface area contributed by atoms with E-state index in [9.17, 15) is 0 Å². The van der Waals surface area contributed by atoms with Gasteiger partial charge in [-0.3, -0.25) is 4.90 Å². The summed E-state index contributed by atoms with van der Waals surface area (Å²) in [5.41, 5.74) is 7.73. The molecule has 1 aromatic carbocycles. The Morgan fingerprint density at radius 3 is 2.40 bits per heavy atom. The van der Waals surface area contributed by atoms with Gasteiger partial charge in [0.2, 0.25) is 0 Å². The molecule has 1 aliphatic rings. The van der Waals surface area contributed by atoms with Crippen LogP contribution in [0.15, 0.2) is 30.3 Å². The van der Waals surface area contributed by atoms with Gasteiger partial charge in [-0.2, -0.15) is 0 Å². The van der Waals surface area contributed by atoms with Crippen LogP contribution in [0.1, 0.15) is 51.6 Å². The fourth-order valence-corrected chi connectivity index (χ4v) is 3.40. The zero-order chi connectivity index (χ0) is 14.5. The fourth-order valence-electron chi connectivity index (χ4n) is 3.40. The van der Waals surface area contributed by atoms with Crippen LogP contribution >= 0.6 is 0 Å². The first kappa shape index (κ1) is 15.5. The van der Waals surface area contributed by atoms with E-state index in [1.165, 1.54) is 37.9 Å². The third-order valence-electron chi connectivity index (χ3n) is 5.03. The van der Waals surface area contributed by atoms with Gasteiger partial charge in [0.25, 0.3) is 0 Å². The maximum atomic E-state index is 6.47. The monoisotopic (exact) mass is 274 g/mol. The van der Waals surface area contributed by atoms with Gasteiger partial charge in [-0.25, -0.2) is 0 Å². The van der Waals surface area contributed by atoms with Crippen molar-refractivity contribution in [1.82, 2.24) is 4.90 Å². The number of nitrogens with two attached hydrogens (primary N) is 1. The summed E-state index contributed by atoms with van der Waals surface area (Å²) in [5.74, 6) is 1.70. The van der Waals surface area contributed by atoms with Crippen LogP contribution < -0.4 is 5.73 Å². The number of nitrogens with zero attached hydrogens (tertiary/aromatic N) is 1. The molecule has 0 aliphatic carbocycles. The van der Waals surface area contributed by atoms with Gasteiger partial charge >= 0.3 is 0 Å². The van der Waals surface area contributed by atoms with Crippen LogP contribution in [0.4, 0.5) is 0 Å². The molecule has 20 heavy (non-hydrogen) atoms. The van der Waals surface area contributed by atoms with Crippen molar-refractivity contribution in [3.05, 3.63) is 35.9 Å². The van der Waals surface area contributed by atoms with Crippen molar-refractivity contribution in [2.45, 2.75) is 52.1 Å². The third kappa shape index (κ3) is 3.83. The minimum absolute atomic E-state index is 0.117. The molecule has 1 fully saturated rings. The molecule has 1 saturated heterocycles. The molecule has 3 unspecified atom stereocenters. The highest BCUT2D eigenvalue weighted by Crippen LogP contribution is 2.27. The summed E-state index contributed by atoms with van der Waals surface area (Å²) in [4.78, 5) is 2.60. The Balaban J connectivity index is 1.97. The van der Waals surface area contributed by atoms with Gasteiger partial charge in [0.1, 0.15) is 0 Å². The van der Waals surface area contributed by atoms with Crippen LogP contribution in [0.2, 0.25) is 0 Å². The van der Waals surface area contributed by atoms with Crippen molar-refractivity contribution in [2.75, 3.05) is 13.1 Å². The van der Waals surface area contributed by atoms with Gasteiger partial charge in [-0.15, -0.1) is 0 Å². The lowest BCUT2D eigenvalue weighted by Gasteiger charge is -2.32. The molecule has 0 spiro atoms. The Labute approximate surface area is 124 Å². The molecule has 0 saturated carbocycles. The number of rotatable bonds is 4. The molecule has 0 radical (unpaired) electrons. The van der Waals surface area contributed by atoms with Crippen LogP contribution in [0, 0.1) is 11.8 Å². The fraction of sp³-hybridized carbons (Fsp3) is 0.667. The standard InChI is InChI=1S/C18H30N2/c1-14(2)16-10-7-12-20(13-11-16)15(3)18(19)17-8-5-4-6-9-17/h4-6,8-9,14-16,18H,7,10-13,19H2,1-3H3. The zero-order valence-corrected chi connectivity index (χ0v) is 13.3. The number of benzene rings is 1. The van der Waals surface area contributed by atoms with Crippen LogP contribution in [0.3, 0.4) is 0 Å². The number of hydrogen-bond donors (Lipinski definition) is 1. The molecule has 112 valence electrons. The Morgan fingerprint density at radius 1 is 1.05 bits per heavy atom. The van der Waals surface area contributed by atoms with E-state index < -0.39 is 0 Å². The van der Waals surface area contributed by atoms with E-state index in [1.807, 2.05) is 0 Å². The van der Waals surface area contributed by atoms with E-state index in [2.05, 4.69) is 56.0 Å². The first-order chi connectivity index (χ1) is 9.59. The molecule has 2 N–H and O–H groups in total. The van der Waals surface area contributed by atoms with Crippen LogP contribution in [0.5, 0.6) is 0 Å². The van der Waals surface area contributed by atoms with Gasteiger partial charge in [-0.05, 0) is 56.7 Å². The van der Waals surface area contributed by atoms with Crippen molar-refractivity contribution in [1.29, 1.82) is 0 Å². The molecule has 1 aromatic rings. The molecule has 3 atom stereocenters. The highest BCUT2D eigenvalue weighted by molar-refractivity contribution is 5.19. The molecule has 2 rings (SSSR count). The van der Waals surface area contributed by atoms with Crippen molar-refractivity contribution in [2.24, 2.45) is 17.6 Å². The molecular formula is C18H30N2. The maximum Gasteiger partial charge on any atom is 0.0450 e. The second-order valence-electron chi connectivity index (χ2n) is 6.65. The smallest absolute Gasteiger partial charge is 0.0450 e. The van der Waals surface area contributed by atoms with E-state index in [1.54, 1.807) is 0 Å². The summed E-state index contributed by atoms with van der Waals surface area (Å²) in [7, 11) is 0. The summed E-state index contributed by atoms with van der Waals surface area (Å²) in [6.45, 7) is 9.40. The maximum absolute atomic E-state index is 6.47. The zero-order valence-electron chi connectivity index (χ0n) is 13.3. The molecule has 2 heteroatoms. The largest absolute Gasteiger partial charge is 0.323 e. The first-order valence-corrected chi connectivity index (χ1v) is 8.14. The van der Waals surface area contributed by atoms with E-state index in [0.717, 1.165) is 11.8 Å². The third-order valence-corrected chi connectivity index (χ3v) is 5.03. The lowest BCUT2D eigenvalue weighted by molar-refractivity contribution is 0.186. The van der Waals surface area contributed by atoms with Crippen molar-refractivity contribution in [3.63, 3.8) is 0 Å². The lowest BCUT2D eigenvalue weighted by Crippen LogP contribution is -2.41. The summed E-state index contributed by atoms with van der Waals surface area (Å²) in [6, 6.07) is 11.1. The van der Waals surface area contributed by atoms with Crippen molar-refractivity contribution in [3.8, 4) is 0 Å². The summed E-state index contributed by atoms with van der Waals surface area (Å²) >= 11 is 0. The van der Waals surface area contributed by atoms with Gasteiger partial charge in [0.15, 0.2) is 0 Å². The Kier molecular flexibility index (Phi) is 5.62. The molecule has 0 amide bonds. The Morgan fingerprint density at radius 2 is 1.75 bits per heavy atom. The number of likely N-dealkylation sites (tertiary alicyclic amines) is 1. The predicted octanol–water partition coefficient (Wildman–Crippen LogP) is 3.83. The van der Waals surface area contributed by atoms with Crippen LogP contribution in [-0.2, 0) is 0 Å². The molecule has 0 bridgehead atoms. The molecule has 2 nitrogen and oxygen atoms in total. The Hall–Kier alpha value is -0.860. The van der Waals surface area contributed by atoms with Crippen molar-refractivity contribution < 1.29 is 0 Å². The highest BCUT2D eigenvalue weighted by atomic mass is 15.2. The topological polar surface area (TPSA) is 29.3 Å². The lowest BCUT2D eigenvalue weighted by atomic mass is 9.89. The summed E-state index contributed by atoms with van der Waals surface area (Å²) in [5, 5.41) is 0. The van der Waals surface area contributed by atoms with E-state index in [-0.39, 0.29) is 6.04 Å². The average Bonchev–Trinajstić information content (AvgIpc) is 2.72. The van der Waals surface area contributed by atoms with E-state index in [0.29, 0.717) is 6.04 Å². The van der Waals surface area contributed by atoms with E-state index in [4.69, 9.17) is 5.73 Å². The van der Waals surface area contributed by atoms with Gasteiger partial charge in [0, 0.05) is 12.1 Å². The molecular weight excluding hydrogens is 244 g/mol. The van der Waals surface area contributed by atoms with Gasteiger partial charge < -0.3 is 5.73 Å². The van der Waals surface area contributed by atoms with Crippen molar-refractivity contribution >= 4 is 0 Å². The Bertz CT molecular complexity index is 388. The van der Waals surface area contributed by atoms with Crippen LogP contribution in [0.25, 0.3) is 0 Å². The van der Waals surface area contributed by atoms with Gasteiger partial charge in [0.05, 0.1) is 0 Å². The SMILES string of the molecule is CC(C)C1CCCN(C(C)C(N)c2ccccc2)CC1. The van der Waals surface area contributed by atoms with Crippen LogP contribution in [-0.4, -0.2) is 24.0 Å². The summed E-state index contributed by atoms with van der Waals surface area (Å²) < 4.78 is 0. The average molecular weight is 274 g/mol. The second kappa shape index (κ2) is 7.24. The second-order valence-corrected chi connectivity index (χ2v) is 6.65.